The van der Waals surface area contributed by atoms with E-state index in [9.17, 15) is 22.9 Å². The molecule has 0 spiro atoms. The van der Waals surface area contributed by atoms with Crippen LogP contribution in [-0.2, 0) is 34.5 Å². The predicted molar refractivity (Wildman–Crippen MR) is 154 cm³/mol. The van der Waals surface area contributed by atoms with E-state index in [1.807, 2.05) is 26.8 Å². The fraction of sp³-hybridized carbons (Fsp3) is 0.345. The summed E-state index contributed by atoms with van der Waals surface area (Å²) in [6.45, 7) is 6.13. The quantitative estimate of drug-likeness (QED) is 0.182. The van der Waals surface area contributed by atoms with E-state index in [1.165, 1.54) is 34.9 Å². The molecule has 4 N–H and O–H groups in total. The van der Waals surface area contributed by atoms with Crippen molar-refractivity contribution in [2.45, 2.75) is 57.8 Å². The molecule has 1 unspecified atom stereocenters. The molecule has 0 radical (unpaired) electrons. The van der Waals surface area contributed by atoms with Gasteiger partial charge < -0.3 is 10.6 Å². The highest BCUT2D eigenvalue weighted by atomic mass is 32.2. The van der Waals surface area contributed by atoms with Crippen LogP contribution in [0.5, 0.6) is 0 Å². The summed E-state index contributed by atoms with van der Waals surface area (Å²) in [4.78, 5) is 15.8. The third-order valence-electron chi connectivity index (χ3n) is 6.83. The third-order valence-corrected chi connectivity index (χ3v) is 8.49. The fourth-order valence-corrected chi connectivity index (χ4v) is 6.07. The smallest absolute Gasteiger partial charge is 0.355 e. The Morgan fingerprint density at radius 1 is 1.17 bits per heavy atom. The number of hydrogen-bond donors (Lipinski definition) is 2. The molecule has 2 heterocycles. The lowest BCUT2D eigenvalue weighted by Gasteiger charge is -2.19. The Morgan fingerprint density at radius 2 is 1.90 bits per heavy atom. The van der Waals surface area contributed by atoms with Crippen molar-refractivity contribution < 1.29 is 28.4 Å². The molecule has 0 aliphatic heterocycles. The Hall–Kier alpha value is -3.32. The van der Waals surface area contributed by atoms with Crippen molar-refractivity contribution in [2.24, 2.45) is 16.5 Å². The van der Waals surface area contributed by atoms with Crippen LogP contribution in [0.1, 0.15) is 66.5 Å². The van der Waals surface area contributed by atoms with Gasteiger partial charge in [0.15, 0.2) is 22.5 Å². The van der Waals surface area contributed by atoms with Crippen molar-refractivity contribution in [1.29, 1.82) is 0 Å². The summed E-state index contributed by atoms with van der Waals surface area (Å²) in [5.74, 6) is -1.61. The largest absolute Gasteiger partial charge is 0.870 e. The number of aromatic carboxylic acids is 1. The molecule has 5 rings (SSSR count). The summed E-state index contributed by atoms with van der Waals surface area (Å²) in [6, 6.07) is 9.41. The summed E-state index contributed by atoms with van der Waals surface area (Å²) >= 11 is 1.18. The van der Waals surface area contributed by atoms with Crippen molar-refractivity contribution in [1.82, 2.24) is 14.8 Å². The molecule has 0 amide bonds. The fourth-order valence-electron chi connectivity index (χ4n) is 4.80. The second-order valence-corrected chi connectivity index (χ2v) is 13.5. The van der Waals surface area contributed by atoms with Crippen molar-refractivity contribution in [3.8, 4) is 16.4 Å². The number of carboxylic acid groups (broad SMARTS) is 1. The molecule has 218 valence electrons. The summed E-state index contributed by atoms with van der Waals surface area (Å²) in [5, 5.41) is 21.7. The number of carboxylic acids is 1. The predicted octanol–water partition coefficient (Wildman–Crippen LogP) is 5.86. The lowest BCUT2D eigenvalue weighted by molar-refractivity contribution is 0.0691. The number of thiazole rings is 1. The van der Waals surface area contributed by atoms with Crippen LogP contribution < -0.4 is 5.14 Å². The van der Waals surface area contributed by atoms with Gasteiger partial charge in [-0.05, 0) is 78.5 Å². The Bertz CT molecular complexity index is 1620. The number of halogens is 2. The van der Waals surface area contributed by atoms with Gasteiger partial charge in [0.05, 0.1) is 11.4 Å². The maximum Gasteiger partial charge on any atom is 0.355 e. The molecular formula is C29H32F2N4O4S2. The molecule has 1 atom stereocenters. The molecule has 0 saturated heterocycles. The third kappa shape index (κ3) is 6.95. The van der Waals surface area contributed by atoms with Gasteiger partial charge in [-0.1, -0.05) is 31.0 Å². The first-order chi connectivity index (χ1) is 18.9. The van der Waals surface area contributed by atoms with Gasteiger partial charge in [0.1, 0.15) is 5.82 Å². The topological polar surface area (TPSA) is 141 Å². The molecule has 2 aromatic heterocycles. The molecule has 1 aliphatic carbocycles. The van der Waals surface area contributed by atoms with Gasteiger partial charge in [-0.15, -0.1) is 16.5 Å². The molecule has 1 saturated carbocycles. The highest BCUT2D eigenvalue weighted by Gasteiger charge is 2.30. The minimum atomic E-state index is -2.32. The van der Waals surface area contributed by atoms with Crippen molar-refractivity contribution in [2.75, 3.05) is 0 Å². The Labute approximate surface area is 243 Å². The van der Waals surface area contributed by atoms with Crippen molar-refractivity contribution >= 4 is 28.3 Å². The number of nitrogens with zero attached hydrogens (tertiary/aromatic N) is 3. The molecule has 4 aromatic rings. The van der Waals surface area contributed by atoms with E-state index >= 15 is 0 Å². The SMILES string of the molecule is CC(C)(C)Cc1cc(-c2nn(-c3nc(C(=O)O)cs3)c(CC3CC3)c2Cc2ccc([SH+](N)=O)c(F)c2)ccc1F.[OH-]. The highest BCUT2D eigenvalue weighted by Crippen LogP contribution is 2.39. The van der Waals surface area contributed by atoms with Gasteiger partial charge in [-0.25, -0.2) is 23.2 Å². The van der Waals surface area contributed by atoms with Crippen LogP contribution in [0.25, 0.3) is 16.4 Å². The molecule has 1 aliphatic rings. The minimum absolute atomic E-state index is 0. The molecular weight excluding hydrogens is 570 g/mol. The summed E-state index contributed by atoms with van der Waals surface area (Å²) < 4.78 is 43.0. The monoisotopic (exact) mass is 602 g/mol. The van der Waals surface area contributed by atoms with Gasteiger partial charge in [0.25, 0.3) is 0 Å². The standard InChI is InChI=1S/C29H30F2N4O3S2.H2O/c1-29(2,3)14-19-13-18(7-8-21(19)30)26-20(10-17-6-9-25(40(32)38)22(31)11-17)24(12-16-4-5-16)35(34-26)28-33-23(15-39-28)27(36)37;/h6-9,11,13,15-16H,4-5,10,12,14H2,1-3H3,(H2,32,38)(H,36,37);1H2. The number of rotatable bonds is 9. The number of hydrogen-bond acceptors (Lipinski definition) is 6. The first-order valence-corrected chi connectivity index (χ1v) is 15.2. The molecule has 2 aromatic carbocycles. The first-order valence-electron chi connectivity index (χ1n) is 13.0. The Morgan fingerprint density at radius 3 is 2.49 bits per heavy atom. The van der Waals surface area contributed by atoms with Crippen molar-refractivity contribution in [3.63, 3.8) is 0 Å². The van der Waals surface area contributed by atoms with Gasteiger partial charge in [0.2, 0.25) is 10.0 Å². The van der Waals surface area contributed by atoms with Crippen LogP contribution in [0.4, 0.5) is 8.78 Å². The molecule has 12 heteroatoms. The lowest BCUT2D eigenvalue weighted by atomic mass is 9.87. The summed E-state index contributed by atoms with van der Waals surface area (Å²) in [7, 11) is -2.32. The molecule has 41 heavy (non-hydrogen) atoms. The van der Waals surface area contributed by atoms with Crippen LogP contribution in [0, 0.1) is 23.0 Å². The zero-order valence-corrected chi connectivity index (χ0v) is 24.6. The molecule has 8 nitrogen and oxygen atoms in total. The van der Waals surface area contributed by atoms with E-state index in [1.54, 1.807) is 16.8 Å². The number of nitrogens with two attached hydrogens (primary N) is 1. The summed E-state index contributed by atoms with van der Waals surface area (Å²) in [5.41, 5.74) is 4.00. The average molecular weight is 603 g/mol. The average Bonchev–Trinajstić information content (AvgIpc) is 3.42. The van der Waals surface area contributed by atoms with E-state index in [0.717, 1.165) is 24.1 Å². The second kappa shape index (κ2) is 11.9. The van der Waals surface area contributed by atoms with Crippen LogP contribution in [-0.4, -0.2) is 31.3 Å². The Balaban J connectivity index is 0.00000387. The van der Waals surface area contributed by atoms with E-state index in [2.05, 4.69) is 4.98 Å². The maximum atomic E-state index is 14.9. The maximum absolute atomic E-state index is 14.9. The first kappa shape index (κ1) is 30.6. The van der Waals surface area contributed by atoms with Gasteiger partial charge in [0, 0.05) is 22.9 Å². The minimum Gasteiger partial charge on any atom is -0.870 e. The van der Waals surface area contributed by atoms with E-state index in [4.69, 9.17) is 10.2 Å². The van der Waals surface area contributed by atoms with Crippen LogP contribution >= 0.6 is 11.3 Å². The van der Waals surface area contributed by atoms with E-state index in [-0.39, 0.29) is 27.3 Å². The van der Waals surface area contributed by atoms with Crippen LogP contribution in [0.15, 0.2) is 46.7 Å². The van der Waals surface area contributed by atoms with Crippen LogP contribution in [0.2, 0.25) is 0 Å². The highest BCUT2D eigenvalue weighted by molar-refractivity contribution is 7.82. The van der Waals surface area contributed by atoms with Crippen LogP contribution in [0.3, 0.4) is 0 Å². The van der Waals surface area contributed by atoms with Gasteiger partial charge in [-0.3, -0.25) is 0 Å². The number of carbonyl (C=O) groups is 1. The molecule has 1 fully saturated rings. The zero-order chi connectivity index (χ0) is 28.8. The number of thiol groups is 1. The van der Waals surface area contributed by atoms with Crippen molar-refractivity contribution in [3.05, 3.63) is 81.5 Å². The molecule has 0 bridgehead atoms. The zero-order valence-electron chi connectivity index (χ0n) is 22.9. The number of benzene rings is 2. The Kier molecular flexibility index (Phi) is 8.88. The normalized spacial score (nSPS) is 14.1. The lowest BCUT2D eigenvalue weighted by Crippen LogP contribution is -2.10. The second-order valence-electron chi connectivity index (χ2n) is 11.5. The van der Waals surface area contributed by atoms with Gasteiger partial charge >= 0.3 is 5.97 Å². The number of aromatic nitrogens is 3. The summed E-state index contributed by atoms with van der Waals surface area (Å²) in [6.07, 6.45) is 3.65. The van der Waals surface area contributed by atoms with E-state index < -0.39 is 22.8 Å². The van der Waals surface area contributed by atoms with E-state index in [0.29, 0.717) is 52.7 Å². The van der Waals surface area contributed by atoms with Gasteiger partial charge in [-0.2, -0.15) is 5.10 Å².